The molecule has 2 aromatic rings. The van der Waals surface area contributed by atoms with Crippen molar-refractivity contribution in [2.45, 2.75) is 25.8 Å². The molecule has 0 bridgehead atoms. The van der Waals surface area contributed by atoms with Crippen LogP contribution in [0.4, 0.5) is 22.0 Å². The van der Waals surface area contributed by atoms with Gasteiger partial charge in [0.2, 0.25) is 0 Å². The number of rotatable bonds is 5. The molecule has 0 unspecified atom stereocenters. The first kappa shape index (κ1) is 17.1. The van der Waals surface area contributed by atoms with Gasteiger partial charge in [-0.3, -0.25) is 0 Å². The molecule has 0 heterocycles. The lowest BCUT2D eigenvalue weighted by molar-refractivity contribution is -0.274. The monoisotopic (exact) mass is 332 g/mol. The largest absolute Gasteiger partial charge is 0.573 e. The first-order chi connectivity index (χ1) is 10.7. The van der Waals surface area contributed by atoms with E-state index < -0.39 is 18.2 Å². The van der Waals surface area contributed by atoms with Crippen LogP contribution in [0.2, 0.25) is 0 Å². The lowest BCUT2D eigenvalue weighted by Crippen LogP contribution is -2.22. The molecule has 0 N–H and O–H groups in total. The molecule has 2 aromatic carbocycles. The Bertz CT molecular complexity index is 633. The van der Waals surface area contributed by atoms with E-state index in [1.807, 2.05) is 6.92 Å². The summed E-state index contributed by atoms with van der Waals surface area (Å²) < 4.78 is 72.3. The van der Waals surface area contributed by atoms with Gasteiger partial charge in [0.05, 0.1) is 5.56 Å². The topological polar surface area (TPSA) is 18.5 Å². The molecule has 124 valence electrons. The van der Waals surface area contributed by atoms with Gasteiger partial charge in [0.1, 0.15) is 11.5 Å². The summed E-state index contributed by atoms with van der Waals surface area (Å²) >= 11 is 0. The van der Waals surface area contributed by atoms with E-state index in [0.29, 0.717) is 6.42 Å². The molecule has 0 spiro atoms. The van der Waals surface area contributed by atoms with E-state index in [9.17, 15) is 22.0 Å². The predicted molar refractivity (Wildman–Crippen MR) is 73.5 cm³/mol. The van der Waals surface area contributed by atoms with Crippen molar-refractivity contribution in [3.05, 3.63) is 59.7 Å². The number of hydrogen-bond acceptors (Lipinski definition) is 2. The molecule has 0 amide bonds. The van der Waals surface area contributed by atoms with Crippen LogP contribution in [-0.2, 0) is 12.5 Å². The van der Waals surface area contributed by atoms with Crippen LogP contribution in [0.3, 0.4) is 0 Å². The van der Waals surface area contributed by atoms with Crippen LogP contribution in [0.25, 0.3) is 0 Å². The summed E-state index contributed by atoms with van der Waals surface area (Å²) in [7, 11) is 0. The minimum absolute atomic E-state index is 0.274. The highest BCUT2D eigenvalue weighted by Gasteiger charge is 2.35. The molecule has 0 aliphatic carbocycles. The van der Waals surface area contributed by atoms with E-state index in [4.69, 9.17) is 0 Å². The highest BCUT2D eigenvalue weighted by Crippen LogP contribution is 2.33. The van der Waals surface area contributed by atoms with Crippen molar-refractivity contribution >= 4 is 0 Å². The van der Waals surface area contributed by atoms with Crippen LogP contribution in [-0.4, -0.2) is 6.36 Å². The molecular formula is C16H13F5O2. The Hall–Kier alpha value is -2.31. The van der Waals surface area contributed by atoms with Crippen molar-refractivity contribution in [2.24, 2.45) is 0 Å². The summed E-state index contributed by atoms with van der Waals surface area (Å²) in [5.74, 6) is -0.787. The number of aryl methyl sites for hydroxylation is 1. The fourth-order valence-corrected chi connectivity index (χ4v) is 1.85. The second-order valence-corrected chi connectivity index (χ2v) is 4.69. The fourth-order valence-electron chi connectivity index (χ4n) is 1.85. The molecule has 0 aromatic heterocycles. The van der Waals surface area contributed by atoms with Crippen molar-refractivity contribution in [3.63, 3.8) is 0 Å². The average Bonchev–Trinajstić information content (AvgIpc) is 2.48. The molecule has 0 aliphatic heterocycles. The van der Waals surface area contributed by atoms with Gasteiger partial charge >= 0.3 is 12.5 Å². The summed E-state index contributed by atoms with van der Waals surface area (Å²) in [4.78, 5) is 0. The number of hydrogen-bond donors (Lipinski definition) is 0. The molecule has 0 radical (unpaired) electrons. The standard InChI is InChI=1S/C16H13F5O2/c1-2-11-3-5-12(6-4-11)15(17,18)22-13-7-9-14(10-8-13)23-16(19,20)21/h3-10H,2H2,1H3. The maximum atomic E-state index is 14.0. The second kappa shape index (κ2) is 6.44. The Balaban J connectivity index is 2.10. The predicted octanol–water partition coefficient (Wildman–Crippen LogP) is 5.28. The number of halogens is 5. The Morgan fingerprint density at radius 3 is 1.65 bits per heavy atom. The Kier molecular flexibility index (Phi) is 4.77. The van der Waals surface area contributed by atoms with Crippen LogP contribution in [0.5, 0.6) is 11.5 Å². The summed E-state index contributed by atoms with van der Waals surface area (Å²) in [5, 5.41) is 0. The molecule has 0 aliphatic rings. The molecule has 2 nitrogen and oxygen atoms in total. The number of benzene rings is 2. The molecular weight excluding hydrogens is 319 g/mol. The van der Waals surface area contributed by atoms with E-state index >= 15 is 0 Å². The molecule has 7 heteroatoms. The molecule has 0 saturated carbocycles. The van der Waals surface area contributed by atoms with Crippen LogP contribution < -0.4 is 9.47 Å². The van der Waals surface area contributed by atoms with Crippen LogP contribution in [0.15, 0.2) is 48.5 Å². The van der Waals surface area contributed by atoms with Gasteiger partial charge in [0.15, 0.2) is 0 Å². The molecule has 23 heavy (non-hydrogen) atoms. The van der Waals surface area contributed by atoms with Gasteiger partial charge in [-0.25, -0.2) is 0 Å². The quantitative estimate of drug-likeness (QED) is 0.694. The third-order valence-electron chi connectivity index (χ3n) is 3.00. The van der Waals surface area contributed by atoms with Crippen LogP contribution in [0, 0.1) is 0 Å². The summed E-state index contributed by atoms with van der Waals surface area (Å²) in [6.45, 7) is 1.90. The summed E-state index contributed by atoms with van der Waals surface area (Å²) in [6.07, 6.45) is -7.72. The maximum absolute atomic E-state index is 14.0. The van der Waals surface area contributed by atoms with Gasteiger partial charge in [0, 0.05) is 0 Å². The van der Waals surface area contributed by atoms with E-state index in [1.165, 1.54) is 12.1 Å². The maximum Gasteiger partial charge on any atom is 0.573 e. The van der Waals surface area contributed by atoms with Gasteiger partial charge in [-0.1, -0.05) is 19.1 Å². The summed E-state index contributed by atoms with van der Waals surface area (Å²) in [5.41, 5.74) is 0.559. The highest BCUT2D eigenvalue weighted by molar-refractivity contribution is 5.32. The van der Waals surface area contributed by atoms with E-state index in [2.05, 4.69) is 9.47 Å². The molecule has 0 fully saturated rings. The summed E-state index contributed by atoms with van der Waals surface area (Å²) in [6, 6.07) is 9.39. The molecule has 0 atom stereocenters. The van der Waals surface area contributed by atoms with Gasteiger partial charge in [-0.15, -0.1) is 13.2 Å². The lowest BCUT2D eigenvalue weighted by Gasteiger charge is -2.19. The fraction of sp³-hybridized carbons (Fsp3) is 0.250. The average molecular weight is 332 g/mol. The smallest absolute Gasteiger partial charge is 0.429 e. The number of ether oxygens (including phenoxy) is 2. The van der Waals surface area contributed by atoms with E-state index in [0.717, 1.165) is 29.8 Å². The zero-order chi connectivity index (χ0) is 17.1. The first-order valence-electron chi connectivity index (χ1n) is 6.71. The normalized spacial score (nSPS) is 12.1. The first-order valence-corrected chi connectivity index (χ1v) is 6.71. The van der Waals surface area contributed by atoms with Gasteiger partial charge in [-0.05, 0) is 48.4 Å². The van der Waals surface area contributed by atoms with Crippen LogP contribution >= 0.6 is 0 Å². The van der Waals surface area contributed by atoms with Gasteiger partial charge in [-0.2, -0.15) is 8.78 Å². The second-order valence-electron chi connectivity index (χ2n) is 4.69. The minimum Gasteiger partial charge on any atom is -0.429 e. The molecule has 2 rings (SSSR count). The zero-order valence-corrected chi connectivity index (χ0v) is 12.0. The highest BCUT2D eigenvalue weighted by atomic mass is 19.4. The van der Waals surface area contributed by atoms with E-state index in [1.54, 1.807) is 12.1 Å². The van der Waals surface area contributed by atoms with Crippen LogP contribution in [0.1, 0.15) is 18.1 Å². The minimum atomic E-state index is -4.84. The van der Waals surface area contributed by atoms with Crippen molar-refractivity contribution in [3.8, 4) is 11.5 Å². The van der Waals surface area contributed by atoms with Crippen molar-refractivity contribution in [2.75, 3.05) is 0 Å². The Morgan fingerprint density at radius 2 is 1.22 bits per heavy atom. The van der Waals surface area contributed by atoms with Gasteiger partial charge in [0.25, 0.3) is 0 Å². The van der Waals surface area contributed by atoms with E-state index in [-0.39, 0.29) is 11.3 Å². The Morgan fingerprint density at radius 1 is 0.739 bits per heavy atom. The molecule has 0 saturated heterocycles. The van der Waals surface area contributed by atoms with Crippen molar-refractivity contribution in [1.29, 1.82) is 0 Å². The van der Waals surface area contributed by atoms with Crippen molar-refractivity contribution < 1.29 is 31.4 Å². The Labute approximate surface area is 129 Å². The third-order valence-corrected chi connectivity index (χ3v) is 3.00. The lowest BCUT2D eigenvalue weighted by atomic mass is 10.1. The SMILES string of the molecule is CCc1ccc(C(F)(F)Oc2ccc(OC(F)(F)F)cc2)cc1. The zero-order valence-electron chi connectivity index (χ0n) is 12.0. The number of alkyl halides is 5. The van der Waals surface area contributed by atoms with Crippen molar-refractivity contribution in [1.82, 2.24) is 0 Å². The third kappa shape index (κ3) is 4.84. The van der Waals surface area contributed by atoms with Gasteiger partial charge < -0.3 is 9.47 Å².